The number of carbonyl (C=O) groups is 2. The standard InChI is InChI=1S/C26H27ClF3N5O3/c1-25(2)10-21(36)35(24(31)34-25)22(13-7-14(27)12-32-11-13)16-8-17(16)23(37)33-18-9-20(26(28,29)30)38-19-6-4-3-5-15(18)19/h3-7,11-12,16-18,20,22H,8-10H2,1-2H3,(H2,31,34)(H,33,37)/t16?,17-,18+,20?,22-/m1/s1. The number of pyridine rings is 1. The highest BCUT2D eigenvalue weighted by molar-refractivity contribution is 6.30. The van der Waals surface area contributed by atoms with Gasteiger partial charge in [0.2, 0.25) is 11.8 Å². The molecule has 5 atom stereocenters. The summed E-state index contributed by atoms with van der Waals surface area (Å²) in [6, 6.07) is 6.49. The van der Waals surface area contributed by atoms with Crippen LogP contribution in [0.15, 0.2) is 47.7 Å². The quantitative estimate of drug-likeness (QED) is 0.577. The highest BCUT2D eigenvalue weighted by Crippen LogP contribution is 2.52. The van der Waals surface area contributed by atoms with Crippen molar-refractivity contribution in [2.75, 3.05) is 0 Å². The number of nitrogens with two attached hydrogens (primary N) is 1. The fourth-order valence-corrected chi connectivity index (χ4v) is 5.54. The maximum Gasteiger partial charge on any atom is 0.425 e. The van der Waals surface area contributed by atoms with Crippen LogP contribution in [0.4, 0.5) is 13.2 Å². The molecule has 3 aliphatic rings. The smallest absolute Gasteiger partial charge is 0.425 e. The molecule has 1 saturated carbocycles. The lowest BCUT2D eigenvalue weighted by Gasteiger charge is -2.38. The van der Waals surface area contributed by atoms with Crippen LogP contribution in [0, 0.1) is 11.8 Å². The van der Waals surface area contributed by atoms with Crippen LogP contribution in [0.3, 0.4) is 0 Å². The third kappa shape index (κ3) is 5.16. The van der Waals surface area contributed by atoms with Gasteiger partial charge in [0.1, 0.15) is 5.75 Å². The fraction of sp³-hybridized carbons (Fsp3) is 0.462. The van der Waals surface area contributed by atoms with Gasteiger partial charge in [0.15, 0.2) is 12.1 Å². The maximum atomic E-state index is 13.5. The van der Waals surface area contributed by atoms with Crippen molar-refractivity contribution < 1.29 is 27.5 Å². The van der Waals surface area contributed by atoms with Crippen molar-refractivity contribution >= 4 is 29.4 Å². The Kier molecular flexibility index (Phi) is 6.53. The minimum atomic E-state index is -4.58. The molecule has 12 heteroatoms. The van der Waals surface area contributed by atoms with Gasteiger partial charge >= 0.3 is 6.18 Å². The van der Waals surface area contributed by atoms with Gasteiger partial charge in [-0.25, -0.2) is 4.99 Å². The number of ether oxygens (including phenoxy) is 1. The minimum Gasteiger partial charge on any atom is -0.480 e. The summed E-state index contributed by atoms with van der Waals surface area (Å²) in [5.41, 5.74) is 6.66. The Balaban J connectivity index is 1.40. The number of amides is 2. The maximum absolute atomic E-state index is 13.5. The van der Waals surface area contributed by atoms with Crippen LogP contribution >= 0.6 is 11.6 Å². The van der Waals surface area contributed by atoms with E-state index in [0.717, 1.165) is 0 Å². The normalized spacial score (nSPS) is 27.1. The zero-order valence-electron chi connectivity index (χ0n) is 20.7. The van der Waals surface area contributed by atoms with E-state index in [-0.39, 0.29) is 30.0 Å². The number of hydrogen-bond acceptors (Lipinski definition) is 6. The summed E-state index contributed by atoms with van der Waals surface area (Å²) in [4.78, 5) is 36.6. The number of guanidine groups is 1. The Morgan fingerprint density at radius 3 is 2.68 bits per heavy atom. The van der Waals surface area contributed by atoms with Gasteiger partial charge in [-0.3, -0.25) is 19.5 Å². The van der Waals surface area contributed by atoms with Gasteiger partial charge in [-0.2, -0.15) is 13.2 Å². The number of nitrogens with zero attached hydrogens (tertiary/aromatic N) is 3. The van der Waals surface area contributed by atoms with Gasteiger partial charge < -0.3 is 15.8 Å². The van der Waals surface area contributed by atoms with Crippen molar-refractivity contribution in [1.29, 1.82) is 0 Å². The minimum absolute atomic E-state index is 0.0358. The summed E-state index contributed by atoms with van der Waals surface area (Å²) in [5.74, 6) is -1.44. The molecule has 1 aromatic carbocycles. The molecule has 5 rings (SSSR count). The summed E-state index contributed by atoms with van der Waals surface area (Å²) < 4.78 is 45.7. The van der Waals surface area contributed by atoms with E-state index in [2.05, 4.69) is 15.3 Å². The lowest BCUT2D eigenvalue weighted by atomic mass is 9.94. The molecule has 202 valence electrons. The molecule has 2 aromatic rings. The van der Waals surface area contributed by atoms with E-state index in [1.54, 1.807) is 44.3 Å². The molecule has 1 fully saturated rings. The predicted octanol–water partition coefficient (Wildman–Crippen LogP) is 4.31. The fourth-order valence-electron chi connectivity index (χ4n) is 5.36. The van der Waals surface area contributed by atoms with E-state index in [1.165, 1.54) is 17.2 Å². The first-order chi connectivity index (χ1) is 17.8. The highest BCUT2D eigenvalue weighted by atomic mass is 35.5. The van der Waals surface area contributed by atoms with Crippen LogP contribution in [0.2, 0.25) is 5.02 Å². The molecule has 8 nitrogen and oxygen atoms in total. The molecule has 1 aliphatic carbocycles. The monoisotopic (exact) mass is 549 g/mol. The molecule has 38 heavy (non-hydrogen) atoms. The molecule has 3 heterocycles. The number of halogens is 4. The van der Waals surface area contributed by atoms with Crippen molar-refractivity contribution in [2.45, 2.75) is 63.0 Å². The van der Waals surface area contributed by atoms with Gasteiger partial charge in [0, 0.05) is 30.3 Å². The highest BCUT2D eigenvalue weighted by Gasteiger charge is 2.54. The molecule has 2 unspecified atom stereocenters. The Bertz CT molecular complexity index is 1300. The second kappa shape index (κ2) is 9.44. The predicted molar refractivity (Wildman–Crippen MR) is 133 cm³/mol. The first-order valence-electron chi connectivity index (χ1n) is 12.2. The Labute approximate surface area is 222 Å². The molecule has 2 aliphatic heterocycles. The van der Waals surface area contributed by atoms with Gasteiger partial charge in [-0.05, 0) is 43.9 Å². The average Bonchev–Trinajstić information content (AvgIpc) is 3.60. The topological polar surface area (TPSA) is 110 Å². The summed E-state index contributed by atoms with van der Waals surface area (Å²) in [6.45, 7) is 3.61. The molecular formula is C26H27ClF3N5O3. The van der Waals surface area contributed by atoms with Crippen molar-refractivity contribution in [3.63, 3.8) is 0 Å². The zero-order chi connectivity index (χ0) is 27.4. The molecule has 3 N–H and O–H groups in total. The summed E-state index contributed by atoms with van der Waals surface area (Å²) in [5, 5.41) is 3.15. The van der Waals surface area contributed by atoms with Crippen molar-refractivity contribution in [2.24, 2.45) is 22.6 Å². The third-order valence-corrected chi connectivity index (χ3v) is 7.35. The lowest BCUT2D eigenvalue weighted by molar-refractivity contribution is -0.201. The van der Waals surface area contributed by atoms with Gasteiger partial charge in [-0.1, -0.05) is 29.8 Å². The SMILES string of the molecule is CC1(C)CC(=O)N([C@H](c2cncc(Cl)c2)C2C[C@H]2C(=O)N[C@H]2CC(C(F)(F)F)Oc3ccccc32)C(N)=N1. The number of aliphatic imine (C=N–C) groups is 1. The number of hydrogen-bond donors (Lipinski definition) is 2. The number of alkyl halides is 3. The summed E-state index contributed by atoms with van der Waals surface area (Å²) >= 11 is 6.19. The molecule has 0 radical (unpaired) electrons. The number of benzene rings is 1. The van der Waals surface area contributed by atoms with E-state index in [9.17, 15) is 22.8 Å². The van der Waals surface area contributed by atoms with E-state index in [0.29, 0.717) is 22.6 Å². The number of aromatic nitrogens is 1. The Hall–Kier alpha value is -3.34. The number of rotatable bonds is 5. The average molecular weight is 550 g/mol. The van der Waals surface area contributed by atoms with Gasteiger partial charge in [-0.15, -0.1) is 0 Å². The zero-order valence-corrected chi connectivity index (χ0v) is 21.5. The van der Waals surface area contributed by atoms with Gasteiger partial charge in [0.05, 0.1) is 29.1 Å². The lowest BCUT2D eigenvalue weighted by Crippen LogP contribution is -2.52. The number of fused-ring (bicyclic) bond motifs is 1. The van der Waals surface area contributed by atoms with Crippen LogP contribution < -0.4 is 15.8 Å². The third-order valence-electron chi connectivity index (χ3n) is 7.14. The van der Waals surface area contributed by atoms with Crippen molar-refractivity contribution in [1.82, 2.24) is 15.2 Å². The van der Waals surface area contributed by atoms with E-state index in [4.69, 9.17) is 22.1 Å². The molecule has 0 saturated heterocycles. The largest absolute Gasteiger partial charge is 0.480 e. The summed E-state index contributed by atoms with van der Waals surface area (Å²) in [7, 11) is 0. The van der Waals surface area contributed by atoms with E-state index >= 15 is 0 Å². The number of nitrogens with one attached hydrogen (secondary N) is 1. The van der Waals surface area contributed by atoms with Crippen LogP contribution in [0.1, 0.15) is 56.3 Å². The number of para-hydroxylation sites is 1. The van der Waals surface area contributed by atoms with Crippen LogP contribution in [0.25, 0.3) is 0 Å². The first kappa shape index (κ1) is 26.3. The molecule has 0 spiro atoms. The second-order valence-electron chi connectivity index (χ2n) is 10.6. The van der Waals surface area contributed by atoms with Crippen LogP contribution in [-0.4, -0.2) is 45.5 Å². The van der Waals surface area contributed by atoms with Gasteiger partial charge in [0.25, 0.3) is 0 Å². The Morgan fingerprint density at radius 2 is 2.00 bits per heavy atom. The van der Waals surface area contributed by atoms with Crippen LogP contribution in [-0.2, 0) is 9.59 Å². The first-order valence-corrected chi connectivity index (χ1v) is 12.6. The molecule has 1 aromatic heterocycles. The van der Waals surface area contributed by atoms with E-state index < -0.39 is 48.1 Å². The molecule has 0 bridgehead atoms. The van der Waals surface area contributed by atoms with Crippen molar-refractivity contribution in [3.8, 4) is 5.75 Å². The van der Waals surface area contributed by atoms with Crippen molar-refractivity contribution in [3.05, 3.63) is 58.9 Å². The summed E-state index contributed by atoms with van der Waals surface area (Å²) in [6.07, 6.45) is -3.51. The second-order valence-corrected chi connectivity index (χ2v) is 11.0. The molecule has 2 amide bonds. The Morgan fingerprint density at radius 1 is 1.26 bits per heavy atom. The number of carbonyl (C=O) groups excluding carboxylic acids is 2. The molecular weight excluding hydrogens is 523 g/mol. The van der Waals surface area contributed by atoms with Crippen LogP contribution in [0.5, 0.6) is 5.75 Å². The van der Waals surface area contributed by atoms with E-state index in [1.807, 2.05) is 0 Å².